The van der Waals surface area contributed by atoms with Crippen LogP contribution >= 0.6 is 24.8 Å². The van der Waals surface area contributed by atoms with Gasteiger partial charge in [-0.05, 0) is 24.5 Å². The zero-order valence-corrected chi connectivity index (χ0v) is 15.6. The highest BCUT2D eigenvalue weighted by Crippen LogP contribution is 2.17. The Morgan fingerprint density at radius 3 is 2.52 bits per heavy atom. The maximum Gasteiger partial charge on any atom is 0.237 e. The highest BCUT2D eigenvalue weighted by molar-refractivity contribution is 5.85. The zero-order valence-electron chi connectivity index (χ0n) is 14.0. The van der Waals surface area contributed by atoms with Crippen molar-refractivity contribution < 1.29 is 4.79 Å². The molecule has 1 amide bonds. The van der Waals surface area contributed by atoms with Crippen LogP contribution < -0.4 is 11.1 Å². The van der Waals surface area contributed by atoms with Gasteiger partial charge in [0.05, 0.1) is 17.1 Å². The normalized spacial score (nSPS) is 12.2. The summed E-state index contributed by atoms with van der Waals surface area (Å²) in [6, 6.07) is 7.50. The summed E-state index contributed by atoms with van der Waals surface area (Å²) in [5.41, 5.74) is 7.78. The summed E-state index contributed by atoms with van der Waals surface area (Å²) in [4.78, 5) is 16.5. The lowest BCUT2D eigenvalue weighted by Crippen LogP contribution is -2.49. The molecule has 0 radical (unpaired) electrons. The molecule has 130 valence electrons. The number of benzene rings is 1. The molecule has 0 aliphatic carbocycles. The van der Waals surface area contributed by atoms with Gasteiger partial charge in [0, 0.05) is 13.1 Å². The van der Waals surface area contributed by atoms with Crippen LogP contribution in [0.5, 0.6) is 0 Å². The van der Waals surface area contributed by atoms with Gasteiger partial charge in [-0.1, -0.05) is 32.9 Å². The van der Waals surface area contributed by atoms with E-state index < -0.39 is 6.04 Å². The molecule has 0 bridgehead atoms. The van der Waals surface area contributed by atoms with Crippen molar-refractivity contribution in [2.24, 2.45) is 11.1 Å². The Balaban J connectivity index is 0.00000242. The number of carbonyl (C=O) groups is 1. The van der Waals surface area contributed by atoms with Crippen molar-refractivity contribution in [1.82, 2.24) is 14.9 Å². The van der Waals surface area contributed by atoms with E-state index >= 15 is 0 Å². The SMILES string of the molecule is Cc1nc2ccccc2n1CCNC(=O)[C@@H](N)C(C)(C)C.Cl.Cl. The van der Waals surface area contributed by atoms with Crippen LogP contribution in [0.15, 0.2) is 24.3 Å². The topological polar surface area (TPSA) is 72.9 Å². The fourth-order valence-corrected chi connectivity index (χ4v) is 2.27. The van der Waals surface area contributed by atoms with E-state index in [1.165, 1.54) is 0 Å². The number of nitrogens with one attached hydrogen (secondary N) is 1. The van der Waals surface area contributed by atoms with Crippen molar-refractivity contribution in [2.45, 2.75) is 40.3 Å². The largest absolute Gasteiger partial charge is 0.353 e. The number of amides is 1. The summed E-state index contributed by atoms with van der Waals surface area (Å²) >= 11 is 0. The van der Waals surface area contributed by atoms with Gasteiger partial charge in [-0.25, -0.2) is 4.98 Å². The molecular weight excluding hydrogens is 335 g/mol. The highest BCUT2D eigenvalue weighted by atomic mass is 35.5. The first-order chi connectivity index (χ1) is 9.80. The van der Waals surface area contributed by atoms with Crippen LogP contribution in [0.25, 0.3) is 11.0 Å². The first-order valence-corrected chi connectivity index (χ1v) is 7.26. The molecule has 1 aromatic carbocycles. The van der Waals surface area contributed by atoms with Crippen LogP contribution in [0.4, 0.5) is 0 Å². The molecule has 2 rings (SSSR count). The van der Waals surface area contributed by atoms with Crippen LogP contribution in [-0.2, 0) is 11.3 Å². The Labute approximate surface area is 149 Å². The second-order valence-electron chi connectivity index (χ2n) is 6.43. The molecule has 3 N–H and O–H groups in total. The molecule has 5 nitrogen and oxygen atoms in total. The molecule has 0 fully saturated rings. The minimum Gasteiger partial charge on any atom is -0.353 e. The maximum absolute atomic E-state index is 12.0. The van der Waals surface area contributed by atoms with Crippen LogP contribution in [0.2, 0.25) is 0 Å². The van der Waals surface area contributed by atoms with E-state index in [-0.39, 0.29) is 36.1 Å². The predicted octanol–water partition coefficient (Wildman–Crippen LogP) is 2.68. The third-order valence-electron chi connectivity index (χ3n) is 3.70. The molecule has 0 saturated heterocycles. The Bertz CT molecular complexity index is 649. The lowest BCUT2D eigenvalue weighted by atomic mass is 9.87. The first-order valence-electron chi connectivity index (χ1n) is 7.26. The Kier molecular flexibility index (Phi) is 8.04. The van der Waals surface area contributed by atoms with Crippen molar-refractivity contribution in [3.8, 4) is 0 Å². The first kappa shape index (κ1) is 21.7. The third-order valence-corrected chi connectivity index (χ3v) is 3.70. The number of fused-ring (bicyclic) bond motifs is 1. The molecule has 0 saturated carbocycles. The van der Waals surface area contributed by atoms with Crippen molar-refractivity contribution >= 4 is 41.8 Å². The summed E-state index contributed by atoms with van der Waals surface area (Å²) in [6.45, 7) is 9.10. The van der Waals surface area contributed by atoms with Crippen LogP contribution in [0.1, 0.15) is 26.6 Å². The van der Waals surface area contributed by atoms with E-state index in [9.17, 15) is 4.79 Å². The van der Waals surface area contributed by atoms with Gasteiger partial charge >= 0.3 is 0 Å². The van der Waals surface area contributed by atoms with Gasteiger partial charge in [0.25, 0.3) is 0 Å². The van der Waals surface area contributed by atoms with Gasteiger partial charge in [-0.3, -0.25) is 4.79 Å². The molecule has 1 heterocycles. The fraction of sp³-hybridized carbons (Fsp3) is 0.500. The summed E-state index contributed by atoms with van der Waals surface area (Å²) in [5, 5.41) is 2.91. The minimum atomic E-state index is -0.502. The maximum atomic E-state index is 12.0. The number of nitrogens with zero attached hydrogens (tertiary/aromatic N) is 2. The van der Waals surface area contributed by atoms with Crippen LogP contribution in [-0.4, -0.2) is 28.0 Å². The minimum absolute atomic E-state index is 0. The molecular formula is C16H26Cl2N4O. The van der Waals surface area contributed by atoms with E-state index in [1.807, 2.05) is 52.0 Å². The smallest absolute Gasteiger partial charge is 0.237 e. The number of aryl methyl sites for hydroxylation is 1. The average molecular weight is 361 g/mol. The van der Waals surface area contributed by atoms with Crippen molar-refractivity contribution in [1.29, 1.82) is 0 Å². The van der Waals surface area contributed by atoms with E-state index in [4.69, 9.17) is 5.73 Å². The van der Waals surface area contributed by atoms with Gasteiger partial charge in [-0.2, -0.15) is 0 Å². The van der Waals surface area contributed by atoms with Crippen molar-refractivity contribution in [2.75, 3.05) is 6.54 Å². The number of carbonyl (C=O) groups excluding carboxylic acids is 1. The monoisotopic (exact) mass is 360 g/mol. The average Bonchev–Trinajstić information content (AvgIpc) is 2.73. The molecule has 0 spiro atoms. The third kappa shape index (κ3) is 5.09. The number of halogens is 2. The lowest BCUT2D eigenvalue weighted by Gasteiger charge is -2.25. The summed E-state index contributed by atoms with van der Waals surface area (Å²) in [6.07, 6.45) is 0. The van der Waals surface area contributed by atoms with Crippen molar-refractivity contribution in [3.05, 3.63) is 30.1 Å². The summed E-state index contributed by atoms with van der Waals surface area (Å²) in [5.74, 6) is 0.843. The van der Waals surface area contributed by atoms with E-state index in [0.717, 1.165) is 16.9 Å². The molecule has 1 aromatic heterocycles. The number of imidazole rings is 1. The second-order valence-corrected chi connectivity index (χ2v) is 6.43. The fourth-order valence-electron chi connectivity index (χ4n) is 2.27. The summed E-state index contributed by atoms with van der Waals surface area (Å²) in [7, 11) is 0. The number of aromatic nitrogens is 2. The molecule has 0 aliphatic rings. The van der Waals surface area contributed by atoms with Crippen LogP contribution in [0.3, 0.4) is 0 Å². The lowest BCUT2D eigenvalue weighted by molar-refractivity contribution is -0.124. The number of hydrogen-bond donors (Lipinski definition) is 2. The Morgan fingerprint density at radius 1 is 1.30 bits per heavy atom. The van der Waals surface area contributed by atoms with Gasteiger partial charge in [-0.15, -0.1) is 24.8 Å². The molecule has 1 atom stereocenters. The van der Waals surface area contributed by atoms with Gasteiger partial charge in [0.15, 0.2) is 0 Å². The van der Waals surface area contributed by atoms with E-state index in [1.54, 1.807) is 0 Å². The molecule has 0 aliphatic heterocycles. The number of hydrogen-bond acceptors (Lipinski definition) is 3. The predicted molar refractivity (Wildman–Crippen MR) is 99.4 cm³/mol. The Hall–Kier alpha value is -1.30. The molecule has 2 aromatic rings. The van der Waals surface area contributed by atoms with Crippen molar-refractivity contribution in [3.63, 3.8) is 0 Å². The Morgan fingerprint density at radius 2 is 1.91 bits per heavy atom. The quantitative estimate of drug-likeness (QED) is 0.879. The number of rotatable bonds is 4. The number of nitrogens with two attached hydrogens (primary N) is 1. The highest BCUT2D eigenvalue weighted by Gasteiger charge is 2.27. The van der Waals surface area contributed by atoms with E-state index in [2.05, 4.69) is 14.9 Å². The van der Waals surface area contributed by atoms with Gasteiger partial charge in [0.2, 0.25) is 5.91 Å². The second kappa shape index (κ2) is 8.52. The standard InChI is InChI=1S/C16H24N4O.2ClH/c1-11-19-12-7-5-6-8-13(12)20(11)10-9-18-15(21)14(17)16(2,3)4;;/h5-8,14H,9-10,17H2,1-4H3,(H,18,21);2*1H/t14-;;/m1../s1. The molecule has 23 heavy (non-hydrogen) atoms. The molecule has 7 heteroatoms. The van der Waals surface area contributed by atoms with E-state index in [0.29, 0.717) is 13.1 Å². The zero-order chi connectivity index (χ0) is 15.6. The molecule has 0 unspecified atom stereocenters. The summed E-state index contributed by atoms with van der Waals surface area (Å²) < 4.78 is 2.11. The van der Waals surface area contributed by atoms with Gasteiger partial charge in [0.1, 0.15) is 5.82 Å². The van der Waals surface area contributed by atoms with Gasteiger partial charge < -0.3 is 15.6 Å². The van der Waals surface area contributed by atoms with Crippen LogP contribution in [0, 0.1) is 12.3 Å². The number of para-hydroxylation sites is 2.